The number of rotatable bonds is 8. The fraction of sp³-hybridized carbons (Fsp3) is 0.209. The van der Waals surface area contributed by atoms with Gasteiger partial charge in [0.2, 0.25) is 0 Å². The second kappa shape index (κ2) is 17.8. The van der Waals surface area contributed by atoms with Crippen molar-refractivity contribution in [2.24, 2.45) is 0 Å². The van der Waals surface area contributed by atoms with Gasteiger partial charge in [-0.15, -0.1) is 0 Å². The summed E-state index contributed by atoms with van der Waals surface area (Å²) in [6.07, 6.45) is 1.90. The van der Waals surface area contributed by atoms with Gasteiger partial charge in [-0.3, -0.25) is 4.57 Å². The van der Waals surface area contributed by atoms with E-state index in [0.29, 0.717) is 46.9 Å². The van der Waals surface area contributed by atoms with Gasteiger partial charge in [-0.1, -0.05) is 184 Å². The highest BCUT2D eigenvalue weighted by Gasteiger charge is 2.32. The second-order valence-corrected chi connectivity index (χ2v) is 22.2. The zero-order chi connectivity index (χ0) is 54.3. The maximum absolute atomic E-state index is 10.00. The van der Waals surface area contributed by atoms with Gasteiger partial charge < -0.3 is 14.5 Å². The third kappa shape index (κ3) is 8.61. The van der Waals surface area contributed by atoms with Crippen LogP contribution < -0.4 is 14.5 Å². The minimum Gasteiger partial charge on any atom is -0.457 e. The first-order valence-corrected chi connectivity index (χ1v) is 25.0. The molecule has 8 aromatic carbocycles. The number of anilines is 4. The van der Waals surface area contributed by atoms with E-state index in [9.17, 15) is 2.74 Å². The summed E-state index contributed by atoms with van der Waals surface area (Å²) in [5.74, 6) is 2.24. The molecule has 358 valence electrons. The Morgan fingerprint density at radius 3 is 1.78 bits per heavy atom. The Labute approximate surface area is 433 Å². The molecule has 5 heteroatoms. The van der Waals surface area contributed by atoms with Crippen molar-refractivity contribution in [2.75, 3.05) is 16.5 Å². The van der Waals surface area contributed by atoms with Gasteiger partial charge in [0, 0.05) is 50.0 Å². The number of pyridine rings is 1. The molecule has 3 heterocycles. The standard InChI is InChI=1S/C67H64N4O/c1-44-19-11-12-22-54(44)45-29-31-46(32-30-45)55-24-18-25-56(47-37-49(66(5,6)7)39-50(38-47)67(8,9)10)64(55)70-43-69(60-27-15-16-28-61(60)70)51-20-17-21-52(41-51)72-53-33-34-58-57-23-13-14-26-59(57)71(62(58)42-53)63-40-48(35-36-68-63)65(2,3)4/h11-42H,43H2,1-10H3/i1D3,37D,38D. The van der Waals surface area contributed by atoms with E-state index in [2.05, 4.69) is 192 Å². The molecule has 0 spiro atoms. The molecule has 0 amide bonds. The highest BCUT2D eigenvalue weighted by molar-refractivity contribution is 6.09. The van der Waals surface area contributed by atoms with Crippen molar-refractivity contribution >= 4 is 44.6 Å². The monoisotopic (exact) mass is 946 g/mol. The Bertz CT molecular complexity index is 3870. The zero-order valence-corrected chi connectivity index (χ0v) is 42.7. The van der Waals surface area contributed by atoms with E-state index in [0.717, 1.165) is 83.8 Å². The lowest BCUT2D eigenvalue weighted by Crippen LogP contribution is -2.25. The summed E-state index contributed by atoms with van der Waals surface area (Å²) >= 11 is 0. The smallest absolute Gasteiger partial charge is 0.137 e. The minimum atomic E-state index is -2.28. The van der Waals surface area contributed by atoms with E-state index in [-0.39, 0.29) is 16.2 Å². The van der Waals surface area contributed by atoms with Crippen LogP contribution in [0.1, 0.15) is 91.4 Å². The zero-order valence-electron chi connectivity index (χ0n) is 47.7. The fourth-order valence-corrected chi connectivity index (χ4v) is 10.0. The Kier molecular flexibility index (Phi) is 10.1. The third-order valence-electron chi connectivity index (χ3n) is 14.0. The van der Waals surface area contributed by atoms with E-state index >= 15 is 0 Å². The molecule has 10 aromatic rings. The van der Waals surface area contributed by atoms with Gasteiger partial charge in [0.15, 0.2) is 0 Å². The number of aromatic nitrogens is 2. The highest BCUT2D eigenvalue weighted by atomic mass is 16.5. The number of ether oxygens (including phenoxy) is 1. The molecule has 0 radical (unpaired) electrons. The van der Waals surface area contributed by atoms with Crippen molar-refractivity contribution < 1.29 is 11.6 Å². The maximum Gasteiger partial charge on any atom is 0.137 e. The van der Waals surface area contributed by atoms with Crippen LogP contribution in [0.4, 0.5) is 22.7 Å². The van der Waals surface area contributed by atoms with Gasteiger partial charge in [-0.2, -0.15) is 0 Å². The van der Waals surface area contributed by atoms with E-state index in [4.69, 9.17) is 13.8 Å². The summed E-state index contributed by atoms with van der Waals surface area (Å²) in [4.78, 5) is 9.51. The first-order valence-electron chi connectivity index (χ1n) is 27.5. The van der Waals surface area contributed by atoms with Crippen LogP contribution in [0.15, 0.2) is 194 Å². The molecule has 1 aliphatic rings. The van der Waals surface area contributed by atoms with Gasteiger partial charge in [-0.05, 0) is 122 Å². The molecule has 11 rings (SSSR count). The van der Waals surface area contributed by atoms with Crippen molar-refractivity contribution in [3.63, 3.8) is 0 Å². The first kappa shape index (κ1) is 40.8. The van der Waals surface area contributed by atoms with Crippen LogP contribution >= 0.6 is 0 Å². The number of aryl methyl sites for hydroxylation is 1. The SMILES string of the molecule is [2H]c1c(C(C)(C)C)cc(C(C)(C)C)c([2H])c1-c1cccc(-c2ccc(-c3ccccc3C([2H])([2H])[2H])cc2)c1N1CN(c2cccc(Oc3ccc4c5ccccc5n(-c5cc(C(C)(C)C)ccn5)c4c3)c2)c2ccccc21. The quantitative estimate of drug-likeness (QED) is 0.152. The molecule has 0 unspecified atom stereocenters. The first-order chi connectivity index (χ1) is 36.6. The summed E-state index contributed by atoms with van der Waals surface area (Å²) in [7, 11) is 0. The molecule has 1 aliphatic heterocycles. The van der Waals surface area contributed by atoms with E-state index < -0.39 is 6.85 Å². The van der Waals surface area contributed by atoms with Gasteiger partial charge in [0.05, 0.1) is 30.8 Å². The van der Waals surface area contributed by atoms with Crippen LogP contribution in [0.3, 0.4) is 0 Å². The molecular formula is C67H64N4O. The molecule has 0 N–H and O–H groups in total. The molecule has 72 heavy (non-hydrogen) atoms. The predicted octanol–water partition coefficient (Wildman–Crippen LogP) is 18.4. The summed E-state index contributed by atoms with van der Waals surface area (Å²) < 4.78 is 53.9. The summed E-state index contributed by atoms with van der Waals surface area (Å²) in [6.45, 7) is 17.6. The van der Waals surface area contributed by atoms with E-state index in [1.54, 1.807) is 12.1 Å². The topological polar surface area (TPSA) is 33.5 Å². The maximum atomic E-state index is 10.00. The summed E-state index contributed by atoms with van der Waals surface area (Å²) in [5, 5.41) is 2.26. The lowest BCUT2D eigenvalue weighted by atomic mass is 9.78. The number of benzene rings is 8. The Morgan fingerprint density at radius 1 is 0.486 bits per heavy atom. The van der Waals surface area contributed by atoms with Crippen molar-refractivity contribution in [2.45, 2.75) is 85.4 Å². The number of nitrogens with zero attached hydrogens (tertiary/aromatic N) is 4. The lowest BCUT2D eigenvalue weighted by Gasteiger charge is -2.29. The Balaban J connectivity index is 1.03. The molecule has 0 saturated heterocycles. The van der Waals surface area contributed by atoms with Crippen LogP contribution in [0.25, 0.3) is 61.0 Å². The number of para-hydroxylation sites is 4. The highest BCUT2D eigenvalue weighted by Crippen LogP contribution is 2.51. The fourth-order valence-electron chi connectivity index (χ4n) is 10.0. The van der Waals surface area contributed by atoms with Crippen LogP contribution in [-0.2, 0) is 16.2 Å². The normalized spacial score (nSPS) is 14.2. The molecule has 0 bridgehead atoms. The van der Waals surface area contributed by atoms with Crippen molar-refractivity contribution in [1.29, 1.82) is 0 Å². The Hall–Kier alpha value is -7.89. The van der Waals surface area contributed by atoms with E-state index in [1.165, 1.54) is 5.56 Å². The molecule has 0 atom stereocenters. The third-order valence-corrected chi connectivity index (χ3v) is 14.0. The van der Waals surface area contributed by atoms with E-state index in [1.807, 2.05) is 54.7 Å². The molecule has 5 nitrogen and oxygen atoms in total. The van der Waals surface area contributed by atoms with Crippen LogP contribution in [0.2, 0.25) is 0 Å². The second-order valence-electron chi connectivity index (χ2n) is 22.2. The predicted molar refractivity (Wildman–Crippen MR) is 304 cm³/mol. The van der Waals surface area contributed by atoms with Crippen LogP contribution in [-0.4, -0.2) is 16.2 Å². The van der Waals surface area contributed by atoms with Gasteiger partial charge in [0.25, 0.3) is 0 Å². The number of hydrogen-bond acceptors (Lipinski definition) is 4. The van der Waals surface area contributed by atoms with Gasteiger partial charge in [0.1, 0.15) is 24.0 Å². The molecule has 0 saturated carbocycles. The summed E-state index contributed by atoms with van der Waals surface area (Å²) in [6, 6.07) is 59.9. The molecule has 0 fully saturated rings. The Morgan fingerprint density at radius 2 is 1.07 bits per heavy atom. The van der Waals surface area contributed by atoms with Gasteiger partial charge in [-0.25, -0.2) is 4.98 Å². The number of fused-ring (bicyclic) bond motifs is 4. The average Bonchev–Trinajstić information content (AvgIpc) is 4.02. The molecular weight excluding hydrogens is 877 g/mol. The minimum absolute atomic E-state index is 0.0505. The van der Waals surface area contributed by atoms with Crippen molar-refractivity contribution in [1.82, 2.24) is 9.55 Å². The van der Waals surface area contributed by atoms with Crippen molar-refractivity contribution in [3.8, 4) is 50.7 Å². The molecule has 0 aliphatic carbocycles. The van der Waals surface area contributed by atoms with Crippen LogP contribution in [0.5, 0.6) is 11.5 Å². The number of hydrogen-bond donors (Lipinski definition) is 0. The largest absolute Gasteiger partial charge is 0.457 e. The van der Waals surface area contributed by atoms with Crippen molar-refractivity contribution in [3.05, 3.63) is 216 Å². The summed E-state index contributed by atoms with van der Waals surface area (Å²) in [5.41, 5.74) is 13.0. The van der Waals surface area contributed by atoms with Gasteiger partial charge >= 0.3 is 0 Å². The average molecular weight is 946 g/mol. The molecule has 2 aromatic heterocycles. The lowest BCUT2D eigenvalue weighted by molar-refractivity contribution is 0.483. The van der Waals surface area contributed by atoms with Crippen LogP contribution in [0, 0.1) is 6.85 Å².